The van der Waals surface area contributed by atoms with Gasteiger partial charge in [-0.25, -0.2) is 0 Å². The number of hydrogen-bond acceptors (Lipinski definition) is 5. The monoisotopic (exact) mass is 404 g/mol. The van der Waals surface area contributed by atoms with Gasteiger partial charge in [0.2, 0.25) is 0 Å². The van der Waals surface area contributed by atoms with E-state index in [2.05, 4.69) is 6.07 Å². The number of furan rings is 1. The van der Waals surface area contributed by atoms with Gasteiger partial charge in [0.05, 0.1) is 18.8 Å². The Hall–Kier alpha value is -3.33. The standard InChI is InChI=1S/C24H24N2O4/c1-26(24(16-25)11-5-2-6-12-24)21(27)15-30-22(28)13-18-14-29-20-10-9-17-7-3-4-8-19(17)23(18)20/h3-4,7-10,14H,2,5-6,11-13,15H2,1H3. The molecule has 0 saturated heterocycles. The third kappa shape index (κ3) is 3.63. The minimum absolute atomic E-state index is 0.0153. The van der Waals surface area contributed by atoms with Crippen molar-refractivity contribution < 1.29 is 18.7 Å². The number of fused-ring (bicyclic) bond motifs is 3. The summed E-state index contributed by atoms with van der Waals surface area (Å²) in [6.07, 6.45) is 5.83. The Bertz CT molecular complexity index is 1140. The molecule has 30 heavy (non-hydrogen) atoms. The Labute approximate surface area is 175 Å². The Kier molecular flexibility index (Phi) is 5.45. The van der Waals surface area contributed by atoms with Crippen LogP contribution in [-0.2, 0) is 20.7 Å². The normalized spacial score (nSPS) is 15.6. The fraction of sp³-hybridized carbons (Fsp3) is 0.375. The number of nitrogens with zero attached hydrogens (tertiary/aromatic N) is 2. The van der Waals surface area contributed by atoms with Crippen LogP contribution in [0.15, 0.2) is 47.1 Å². The fourth-order valence-corrected chi connectivity index (χ4v) is 4.35. The summed E-state index contributed by atoms with van der Waals surface area (Å²) in [6, 6.07) is 14.1. The van der Waals surface area contributed by atoms with Crippen LogP contribution in [0.4, 0.5) is 0 Å². The lowest BCUT2D eigenvalue weighted by Gasteiger charge is -2.38. The second kappa shape index (κ2) is 8.19. The lowest BCUT2D eigenvalue weighted by atomic mass is 9.81. The maximum Gasteiger partial charge on any atom is 0.310 e. The third-order valence-electron chi connectivity index (χ3n) is 6.14. The molecule has 0 unspecified atom stereocenters. The molecular formula is C24H24N2O4. The highest BCUT2D eigenvalue weighted by molar-refractivity contribution is 6.08. The zero-order valence-corrected chi connectivity index (χ0v) is 17.0. The topological polar surface area (TPSA) is 83.5 Å². The Morgan fingerprint density at radius 1 is 1.17 bits per heavy atom. The summed E-state index contributed by atoms with van der Waals surface area (Å²) in [4.78, 5) is 26.5. The van der Waals surface area contributed by atoms with Crippen LogP contribution in [0.2, 0.25) is 0 Å². The smallest absolute Gasteiger partial charge is 0.310 e. The van der Waals surface area contributed by atoms with E-state index in [9.17, 15) is 14.9 Å². The van der Waals surface area contributed by atoms with E-state index in [1.807, 2.05) is 36.4 Å². The average molecular weight is 404 g/mol. The molecule has 0 aliphatic heterocycles. The largest absolute Gasteiger partial charge is 0.464 e. The molecule has 6 heteroatoms. The Morgan fingerprint density at radius 3 is 2.70 bits per heavy atom. The first-order valence-electron chi connectivity index (χ1n) is 10.3. The van der Waals surface area contributed by atoms with E-state index in [4.69, 9.17) is 9.15 Å². The first kappa shape index (κ1) is 20.0. The summed E-state index contributed by atoms with van der Waals surface area (Å²) in [7, 11) is 1.63. The van der Waals surface area contributed by atoms with Crippen LogP contribution in [-0.4, -0.2) is 36.0 Å². The van der Waals surface area contributed by atoms with E-state index in [0.29, 0.717) is 18.4 Å². The Balaban J connectivity index is 1.44. The number of benzene rings is 2. The number of likely N-dealkylation sites (N-methyl/N-ethyl adjacent to an activating group) is 1. The van der Waals surface area contributed by atoms with Crippen molar-refractivity contribution in [3.63, 3.8) is 0 Å². The van der Waals surface area contributed by atoms with Gasteiger partial charge in [-0.05, 0) is 29.7 Å². The second-order valence-electron chi connectivity index (χ2n) is 7.92. The summed E-state index contributed by atoms with van der Waals surface area (Å²) < 4.78 is 10.9. The number of hydrogen-bond donors (Lipinski definition) is 0. The molecule has 0 spiro atoms. The van der Waals surface area contributed by atoms with Gasteiger partial charge in [-0.2, -0.15) is 5.26 Å². The number of carbonyl (C=O) groups is 2. The predicted molar refractivity (Wildman–Crippen MR) is 113 cm³/mol. The molecule has 1 heterocycles. The van der Waals surface area contributed by atoms with Gasteiger partial charge in [0.15, 0.2) is 6.61 Å². The highest BCUT2D eigenvalue weighted by Crippen LogP contribution is 2.33. The fourth-order valence-electron chi connectivity index (χ4n) is 4.35. The second-order valence-corrected chi connectivity index (χ2v) is 7.92. The molecule has 6 nitrogen and oxygen atoms in total. The lowest BCUT2D eigenvalue weighted by molar-refractivity contribution is -0.153. The van der Waals surface area contributed by atoms with Gasteiger partial charge in [0.1, 0.15) is 11.1 Å². The van der Waals surface area contributed by atoms with Gasteiger partial charge < -0.3 is 14.1 Å². The van der Waals surface area contributed by atoms with E-state index in [-0.39, 0.29) is 18.9 Å². The number of esters is 1. The molecule has 0 atom stereocenters. The van der Waals surface area contributed by atoms with Crippen molar-refractivity contribution in [3.05, 3.63) is 48.2 Å². The summed E-state index contributed by atoms with van der Waals surface area (Å²) >= 11 is 0. The summed E-state index contributed by atoms with van der Waals surface area (Å²) in [5.74, 6) is -0.851. The lowest BCUT2D eigenvalue weighted by Crippen LogP contribution is -2.51. The molecule has 1 saturated carbocycles. The molecule has 0 bridgehead atoms. The van der Waals surface area contributed by atoms with Gasteiger partial charge in [0, 0.05) is 18.0 Å². The molecule has 1 aliphatic rings. The van der Waals surface area contributed by atoms with Crippen molar-refractivity contribution in [1.29, 1.82) is 5.26 Å². The zero-order chi connectivity index (χ0) is 21.1. The first-order valence-corrected chi connectivity index (χ1v) is 10.3. The molecule has 4 rings (SSSR count). The number of ether oxygens (including phenoxy) is 1. The summed E-state index contributed by atoms with van der Waals surface area (Å²) in [5, 5.41) is 12.6. The van der Waals surface area contributed by atoms with E-state index in [0.717, 1.165) is 41.0 Å². The molecule has 0 radical (unpaired) electrons. The predicted octanol–water partition coefficient (Wildman–Crippen LogP) is 4.36. The van der Waals surface area contributed by atoms with Gasteiger partial charge in [-0.1, -0.05) is 49.6 Å². The van der Waals surface area contributed by atoms with Gasteiger partial charge in [0.25, 0.3) is 5.91 Å². The molecule has 1 amide bonds. The van der Waals surface area contributed by atoms with Gasteiger partial charge in [-0.15, -0.1) is 0 Å². The molecule has 154 valence electrons. The van der Waals surface area contributed by atoms with Crippen molar-refractivity contribution in [2.24, 2.45) is 0 Å². The number of nitriles is 1. The van der Waals surface area contributed by atoms with E-state index in [1.54, 1.807) is 13.3 Å². The third-order valence-corrected chi connectivity index (χ3v) is 6.14. The maximum atomic E-state index is 12.6. The molecular weight excluding hydrogens is 380 g/mol. The van der Waals surface area contributed by atoms with E-state index >= 15 is 0 Å². The van der Waals surface area contributed by atoms with Crippen LogP contribution in [0.3, 0.4) is 0 Å². The molecule has 3 aromatic rings. The molecule has 0 N–H and O–H groups in total. The van der Waals surface area contributed by atoms with E-state index < -0.39 is 11.5 Å². The van der Waals surface area contributed by atoms with Crippen molar-refractivity contribution in [2.75, 3.05) is 13.7 Å². The molecule has 1 aliphatic carbocycles. The van der Waals surface area contributed by atoms with Crippen LogP contribution < -0.4 is 0 Å². The van der Waals surface area contributed by atoms with E-state index in [1.165, 1.54) is 4.90 Å². The summed E-state index contributed by atoms with van der Waals surface area (Å²) in [5.41, 5.74) is 0.649. The number of carbonyl (C=O) groups excluding carboxylic acids is 2. The number of rotatable bonds is 5. The van der Waals surface area contributed by atoms with Crippen LogP contribution in [0, 0.1) is 11.3 Å². The van der Waals surface area contributed by atoms with Crippen LogP contribution in [0.5, 0.6) is 0 Å². The van der Waals surface area contributed by atoms with Gasteiger partial charge in [-0.3, -0.25) is 9.59 Å². The highest BCUT2D eigenvalue weighted by atomic mass is 16.5. The molecule has 1 fully saturated rings. The minimum Gasteiger partial charge on any atom is -0.464 e. The van der Waals surface area contributed by atoms with Crippen molar-refractivity contribution in [2.45, 2.75) is 44.1 Å². The van der Waals surface area contributed by atoms with Crippen LogP contribution in [0.25, 0.3) is 21.7 Å². The van der Waals surface area contributed by atoms with Crippen LogP contribution >= 0.6 is 0 Å². The SMILES string of the molecule is CN(C(=O)COC(=O)Cc1coc2ccc3ccccc3c12)C1(C#N)CCCCC1. The molecule has 1 aromatic heterocycles. The maximum absolute atomic E-state index is 12.6. The quantitative estimate of drug-likeness (QED) is 0.590. The van der Waals surface area contributed by atoms with Crippen molar-refractivity contribution >= 4 is 33.6 Å². The van der Waals surface area contributed by atoms with Crippen molar-refractivity contribution in [3.8, 4) is 6.07 Å². The van der Waals surface area contributed by atoms with Crippen LogP contribution in [0.1, 0.15) is 37.7 Å². The number of amides is 1. The minimum atomic E-state index is -0.790. The zero-order valence-electron chi connectivity index (χ0n) is 17.0. The Morgan fingerprint density at radius 2 is 1.93 bits per heavy atom. The average Bonchev–Trinajstić information content (AvgIpc) is 3.20. The highest BCUT2D eigenvalue weighted by Gasteiger charge is 2.39. The first-order chi connectivity index (χ1) is 14.5. The summed E-state index contributed by atoms with van der Waals surface area (Å²) in [6.45, 7) is -0.366. The van der Waals surface area contributed by atoms with Gasteiger partial charge >= 0.3 is 5.97 Å². The van der Waals surface area contributed by atoms with Crippen molar-refractivity contribution in [1.82, 2.24) is 4.90 Å². The molecule has 2 aromatic carbocycles.